The van der Waals surface area contributed by atoms with Crippen LogP contribution < -0.4 is 0 Å². The number of benzene rings is 5. The summed E-state index contributed by atoms with van der Waals surface area (Å²) in [5, 5.41) is 8.55. The van der Waals surface area contributed by atoms with E-state index in [4.69, 9.17) is 0 Å². The van der Waals surface area contributed by atoms with Crippen molar-refractivity contribution >= 4 is 49.7 Å². The fourth-order valence-electron chi connectivity index (χ4n) is 6.59. The fourth-order valence-corrected chi connectivity index (χ4v) is 8.12. The highest BCUT2D eigenvalue weighted by Crippen LogP contribution is 2.52. The van der Waals surface area contributed by atoms with Crippen LogP contribution in [0.5, 0.6) is 0 Å². The minimum atomic E-state index is 0.402. The molecule has 0 radical (unpaired) electrons. The van der Waals surface area contributed by atoms with Gasteiger partial charge in [0.05, 0.1) is 0 Å². The minimum Gasteiger partial charge on any atom is -0.117 e. The van der Waals surface area contributed by atoms with E-state index in [9.17, 15) is 0 Å². The van der Waals surface area contributed by atoms with E-state index in [-0.39, 0.29) is 0 Å². The highest BCUT2D eigenvalue weighted by molar-refractivity contribution is 8.00. The second kappa shape index (κ2) is 8.36. The van der Waals surface area contributed by atoms with Crippen molar-refractivity contribution in [1.82, 2.24) is 0 Å². The molecule has 0 nitrogen and oxygen atoms in total. The van der Waals surface area contributed by atoms with E-state index in [2.05, 4.69) is 139 Å². The number of rotatable bonds is 2. The van der Waals surface area contributed by atoms with E-state index in [1.54, 1.807) is 0 Å². The van der Waals surface area contributed by atoms with Gasteiger partial charge in [-0.3, -0.25) is 0 Å². The monoisotopic (exact) mass is 490 g/mol. The van der Waals surface area contributed by atoms with Crippen LogP contribution in [0, 0.1) is 0 Å². The van der Waals surface area contributed by atoms with Gasteiger partial charge in [0, 0.05) is 22.0 Å². The molecule has 0 bridgehead atoms. The maximum atomic E-state index is 2.43. The first-order chi connectivity index (χ1) is 18.3. The van der Waals surface area contributed by atoms with Gasteiger partial charge in [0.15, 0.2) is 0 Å². The summed E-state index contributed by atoms with van der Waals surface area (Å²) in [5.41, 5.74) is 5.74. The third kappa shape index (κ3) is 3.31. The van der Waals surface area contributed by atoms with Gasteiger partial charge in [0.25, 0.3) is 0 Å². The van der Waals surface area contributed by atoms with Crippen LogP contribution in [0.15, 0.2) is 132 Å². The average Bonchev–Trinajstić information content (AvgIpc) is 3.36. The van der Waals surface area contributed by atoms with Crippen molar-refractivity contribution in [3.8, 4) is 0 Å². The van der Waals surface area contributed by atoms with E-state index in [0.717, 1.165) is 6.42 Å². The van der Waals surface area contributed by atoms with E-state index in [1.807, 2.05) is 0 Å². The van der Waals surface area contributed by atoms with Crippen molar-refractivity contribution < 1.29 is 0 Å². The predicted molar refractivity (Wildman–Crippen MR) is 161 cm³/mol. The van der Waals surface area contributed by atoms with E-state index < -0.39 is 0 Å². The fraction of sp³-hybridized carbons (Fsp3) is 0.111. The van der Waals surface area contributed by atoms with Crippen molar-refractivity contribution in [2.24, 2.45) is 0 Å². The molecule has 1 heteroatoms. The zero-order valence-electron chi connectivity index (χ0n) is 20.5. The molecule has 0 amide bonds. The lowest BCUT2D eigenvalue weighted by molar-refractivity contribution is 0.825. The molecular weight excluding hydrogens is 464 g/mol. The highest BCUT2D eigenvalue weighted by Gasteiger charge is 2.33. The Kier molecular flexibility index (Phi) is 4.81. The molecule has 1 heterocycles. The van der Waals surface area contributed by atoms with Crippen LogP contribution in [0.4, 0.5) is 0 Å². The second-order valence-corrected chi connectivity index (χ2v) is 11.6. The molecule has 1 aliphatic heterocycles. The van der Waals surface area contributed by atoms with E-state index in [1.165, 1.54) is 59.5 Å². The predicted octanol–water partition coefficient (Wildman–Crippen LogP) is 9.96. The van der Waals surface area contributed by atoms with Crippen molar-refractivity contribution in [3.63, 3.8) is 0 Å². The van der Waals surface area contributed by atoms with Gasteiger partial charge < -0.3 is 0 Å². The minimum absolute atomic E-state index is 0.402. The Labute approximate surface area is 221 Å². The number of fused-ring (bicyclic) bond motifs is 9. The molecule has 2 aliphatic carbocycles. The number of hydrogen-bond donors (Lipinski definition) is 0. The Morgan fingerprint density at radius 2 is 1.24 bits per heavy atom. The Balaban J connectivity index is 1.21. The first-order valence-corrected chi connectivity index (χ1v) is 14.1. The molecule has 0 saturated heterocycles. The smallest absolute Gasteiger partial charge is 0.0381 e. The lowest BCUT2D eigenvalue weighted by Gasteiger charge is -2.22. The SMILES string of the molecule is C1=CC(c2cccc3c2SC2C=CC=CC32)CC(c2ccc3c4ccccc4c4ccccc4c3c2)=C1. The van der Waals surface area contributed by atoms with E-state index in [0.29, 0.717) is 17.1 Å². The highest BCUT2D eigenvalue weighted by atomic mass is 32.2. The standard InChI is InChI=1S/C36H26S/c1-2-13-29-27(11-1)28-12-3-4-14-30(28)34-22-24(19-20-31(29)34)23-9-7-10-25(21-23)26-16-8-17-33-32-15-5-6-18-35(32)37-36(26)33/h1-20,22,25,32,35H,21H2. The first-order valence-electron chi connectivity index (χ1n) is 13.2. The molecule has 8 rings (SSSR count). The molecular formula is C36H26S. The molecule has 0 aromatic heterocycles. The van der Waals surface area contributed by atoms with Gasteiger partial charge in [0.2, 0.25) is 0 Å². The summed E-state index contributed by atoms with van der Waals surface area (Å²) >= 11 is 2.05. The summed E-state index contributed by atoms with van der Waals surface area (Å²) in [7, 11) is 0. The lowest BCUT2D eigenvalue weighted by Crippen LogP contribution is -2.06. The summed E-state index contributed by atoms with van der Waals surface area (Å²) in [6, 6.07) is 31.7. The quantitative estimate of drug-likeness (QED) is 0.222. The lowest BCUT2D eigenvalue weighted by atomic mass is 9.82. The van der Waals surface area contributed by atoms with Gasteiger partial charge in [-0.2, -0.15) is 0 Å². The molecule has 176 valence electrons. The number of allylic oxidation sites excluding steroid dienone is 7. The molecule has 0 N–H and O–H groups in total. The third-order valence-corrected chi connectivity index (χ3v) is 9.80. The zero-order valence-corrected chi connectivity index (χ0v) is 21.3. The van der Waals surface area contributed by atoms with Crippen molar-refractivity contribution in [2.45, 2.75) is 28.4 Å². The number of hydrogen-bond acceptors (Lipinski definition) is 1. The Morgan fingerprint density at radius 3 is 2.03 bits per heavy atom. The van der Waals surface area contributed by atoms with Crippen molar-refractivity contribution in [3.05, 3.63) is 144 Å². The second-order valence-electron chi connectivity index (χ2n) is 10.4. The van der Waals surface area contributed by atoms with Gasteiger partial charge >= 0.3 is 0 Å². The van der Waals surface area contributed by atoms with Gasteiger partial charge in [-0.25, -0.2) is 0 Å². The maximum absolute atomic E-state index is 2.43. The third-order valence-electron chi connectivity index (χ3n) is 8.37. The first kappa shape index (κ1) is 21.3. The topological polar surface area (TPSA) is 0 Å². The molecule has 0 spiro atoms. The van der Waals surface area contributed by atoms with Crippen LogP contribution in [0.25, 0.3) is 37.9 Å². The van der Waals surface area contributed by atoms with E-state index >= 15 is 0 Å². The molecule has 3 aliphatic rings. The Morgan fingerprint density at radius 1 is 0.568 bits per heavy atom. The Hall–Kier alpha value is -3.81. The molecule has 5 aromatic rings. The maximum Gasteiger partial charge on any atom is 0.0381 e. The molecule has 0 saturated carbocycles. The van der Waals surface area contributed by atoms with Gasteiger partial charge in [-0.15, -0.1) is 11.8 Å². The zero-order chi connectivity index (χ0) is 24.3. The summed E-state index contributed by atoms with van der Waals surface area (Å²) in [6.45, 7) is 0. The van der Waals surface area contributed by atoms with Gasteiger partial charge in [-0.05, 0) is 67.1 Å². The van der Waals surface area contributed by atoms with Gasteiger partial charge in [-0.1, -0.05) is 121 Å². The summed E-state index contributed by atoms with van der Waals surface area (Å²) in [4.78, 5) is 1.50. The van der Waals surface area contributed by atoms with Crippen LogP contribution in [-0.2, 0) is 0 Å². The largest absolute Gasteiger partial charge is 0.117 e. The van der Waals surface area contributed by atoms with Crippen LogP contribution in [0.2, 0.25) is 0 Å². The van der Waals surface area contributed by atoms with Crippen LogP contribution in [0.3, 0.4) is 0 Å². The van der Waals surface area contributed by atoms with Crippen molar-refractivity contribution in [2.75, 3.05) is 0 Å². The molecule has 5 aromatic carbocycles. The molecule has 37 heavy (non-hydrogen) atoms. The number of thioether (sulfide) groups is 1. The van der Waals surface area contributed by atoms with Crippen LogP contribution in [0.1, 0.15) is 34.9 Å². The van der Waals surface area contributed by atoms with Crippen LogP contribution >= 0.6 is 11.8 Å². The Bertz CT molecular complexity index is 1810. The van der Waals surface area contributed by atoms with Crippen LogP contribution in [-0.4, -0.2) is 5.25 Å². The van der Waals surface area contributed by atoms with Gasteiger partial charge in [0.1, 0.15) is 0 Å². The molecule has 0 fully saturated rings. The van der Waals surface area contributed by atoms with Crippen molar-refractivity contribution in [1.29, 1.82) is 0 Å². The normalized spacial score (nSPS) is 21.9. The molecule has 3 atom stereocenters. The summed E-state index contributed by atoms with van der Waals surface area (Å²) in [6.07, 6.45) is 17.2. The summed E-state index contributed by atoms with van der Waals surface area (Å²) < 4.78 is 0. The summed E-state index contributed by atoms with van der Waals surface area (Å²) in [5.74, 6) is 0.913. The molecule has 3 unspecified atom stereocenters. The average molecular weight is 491 g/mol.